The zero-order chi connectivity index (χ0) is 19.6. The van der Waals surface area contributed by atoms with Crippen molar-refractivity contribution < 1.29 is 18.8 Å². The topological polar surface area (TPSA) is 59.9 Å². The van der Waals surface area contributed by atoms with E-state index in [0.29, 0.717) is 23.6 Å². The fourth-order valence-electron chi connectivity index (χ4n) is 2.35. The molecule has 1 amide bonds. The number of amides is 1. The summed E-state index contributed by atoms with van der Waals surface area (Å²) in [6.07, 6.45) is 1.34. The molecule has 0 saturated heterocycles. The Morgan fingerprint density at radius 3 is 2.54 bits per heavy atom. The van der Waals surface area contributed by atoms with Gasteiger partial charge in [0, 0.05) is 5.69 Å². The van der Waals surface area contributed by atoms with Gasteiger partial charge in [0.15, 0.2) is 6.61 Å². The lowest BCUT2D eigenvalue weighted by Crippen LogP contribution is -2.16. The number of oxime groups is 1. The summed E-state index contributed by atoms with van der Waals surface area (Å²) in [4.78, 5) is 16.8. The normalized spacial score (nSPS) is 10.6. The molecule has 6 heteroatoms. The number of carbonyl (C=O) groups excluding carboxylic acids is 1. The second-order valence-electron chi connectivity index (χ2n) is 5.91. The Balaban J connectivity index is 1.41. The van der Waals surface area contributed by atoms with Gasteiger partial charge < -0.3 is 14.9 Å². The molecule has 0 fully saturated rings. The predicted octanol–water partition coefficient (Wildman–Crippen LogP) is 4.39. The average molecular weight is 378 g/mol. The molecule has 0 spiro atoms. The van der Waals surface area contributed by atoms with E-state index < -0.39 is 0 Å². The SMILES string of the molecule is O=C(CO/N=C\c1cccc(F)c1)Nc1ccc(OCc2ccccc2)cc1. The molecular weight excluding hydrogens is 359 g/mol. The van der Waals surface area contributed by atoms with Crippen LogP contribution in [0.1, 0.15) is 11.1 Å². The molecule has 28 heavy (non-hydrogen) atoms. The Bertz CT molecular complexity index is 928. The highest BCUT2D eigenvalue weighted by Gasteiger charge is 2.03. The van der Waals surface area contributed by atoms with E-state index in [0.717, 1.165) is 5.56 Å². The molecule has 3 aromatic carbocycles. The quantitative estimate of drug-likeness (QED) is 0.467. The molecule has 0 aliphatic carbocycles. The van der Waals surface area contributed by atoms with Crippen LogP contribution in [-0.2, 0) is 16.2 Å². The van der Waals surface area contributed by atoms with Gasteiger partial charge in [0.1, 0.15) is 18.2 Å². The van der Waals surface area contributed by atoms with Gasteiger partial charge in [0.25, 0.3) is 5.91 Å². The Labute approximate surface area is 162 Å². The lowest BCUT2D eigenvalue weighted by atomic mass is 10.2. The summed E-state index contributed by atoms with van der Waals surface area (Å²) in [5.41, 5.74) is 2.25. The molecular formula is C22H19FN2O3. The molecule has 0 heterocycles. The van der Waals surface area contributed by atoms with Crippen molar-refractivity contribution >= 4 is 17.8 Å². The van der Waals surface area contributed by atoms with Crippen LogP contribution in [0.3, 0.4) is 0 Å². The van der Waals surface area contributed by atoms with Gasteiger partial charge in [-0.05, 0) is 47.5 Å². The fraction of sp³-hybridized carbons (Fsp3) is 0.0909. The minimum absolute atomic E-state index is 0.252. The number of anilines is 1. The van der Waals surface area contributed by atoms with Crippen molar-refractivity contribution in [3.05, 3.63) is 95.8 Å². The van der Waals surface area contributed by atoms with Gasteiger partial charge in [-0.1, -0.05) is 47.6 Å². The highest BCUT2D eigenvalue weighted by molar-refractivity contribution is 5.91. The summed E-state index contributed by atoms with van der Waals surface area (Å²) in [5, 5.41) is 6.36. The lowest BCUT2D eigenvalue weighted by Gasteiger charge is -2.08. The Kier molecular flexibility index (Phi) is 6.73. The number of halogens is 1. The van der Waals surface area contributed by atoms with E-state index in [1.54, 1.807) is 36.4 Å². The molecule has 5 nitrogen and oxygen atoms in total. The van der Waals surface area contributed by atoms with Crippen LogP contribution < -0.4 is 10.1 Å². The van der Waals surface area contributed by atoms with E-state index in [-0.39, 0.29) is 18.3 Å². The third-order valence-electron chi connectivity index (χ3n) is 3.71. The highest BCUT2D eigenvalue weighted by atomic mass is 19.1. The first-order valence-electron chi connectivity index (χ1n) is 8.66. The zero-order valence-corrected chi connectivity index (χ0v) is 15.0. The average Bonchev–Trinajstić information content (AvgIpc) is 2.72. The van der Waals surface area contributed by atoms with Gasteiger partial charge in [0.05, 0.1) is 6.21 Å². The summed E-state index contributed by atoms with van der Waals surface area (Å²) >= 11 is 0. The fourth-order valence-corrected chi connectivity index (χ4v) is 2.35. The molecule has 0 aliphatic rings. The monoisotopic (exact) mass is 378 g/mol. The minimum atomic E-state index is -0.363. The summed E-state index contributed by atoms with van der Waals surface area (Å²) < 4.78 is 18.7. The van der Waals surface area contributed by atoms with Crippen LogP contribution in [0.15, 0.2) is 84.0 Å². The second-order valence-corrected chi connectivity index (χ2v) is 5.91. The highest BCUT2D eigenvalue weighted by Crippen LogP contribution is 2.17. The van der Waals surface area contributed by atoms with E-state index in [4.69, 9.17) is 9.57 Å². The number of rotatable bonds is 8. The van der Waals surface area contributed by atoms with Crippen LogP contribution >= 0.6 is 0 Å². The van der Waals surface area contributed by atoms with Crippen molar-refractivity contribution in [2.24, 2.45) is 5.16 Å². The third-order valence-corrected chi connectivity index (χ3v) is 3.71. The number of nitrogens with zero attached hydrogens (tertiary/aromatic N) is 1. The zero-order valence-electron chi connectivity index (χ0n) is 15.0. The van der Waals surface area contributed by atoms with Crippen molar-refractivity contribution in [1.82, 2.24) is 0 Å². The summed E-state index contributed by atoms with van der Waals surface area (Å²) in [6, 6.07) is 22.8. The molecule has 0 aromatic heterocycles. The van der Waals surface area contributed by atoms with Gasteiger partial charge in [-0.15, -0.1) is 0 Å². The maximum atomic E-state index is 13.0. The lowest BCUT2D eigenvalue weighted by molar-refractivity contribution is -0.120. The van der Waals surface area contributed by atoms with Gasteiger partial charge in [0.2, 0.25) is 0 Å². The number of hydrogen-bond donors (Lipinski definition) is 1. The standard InChI is InChI=1S/C22H19FN2O3/c23-19-8-4-7-18(13-19)14-24-28-16-22(26)25-20-9-11-21(12-10-20)27-15-17-5-2-1-3-6-17/h1-14H,15-16H2,(H,25,26)/b24-14-. The van der Waals surface area contributed by atoms with E-state index in [1.165, 1.54) is 18.3 Å². The van der Waals surface area contributed by atoms with E-state index >= 15 is 0 Å². The van der Waals surface area contributed by atoms with Gasteiger partial charge in [-0.25, -0.2) is 4.39 Å². The van der Waals surface area contributed by atoms with Crippen LogP contribution in [0.25, 0.3) is 0 Å². The summed E-state index contributed by atoms with van der Waals surface area (Å²) in [6.45, 7) is 0.224. The molecule has 0 radical (unpaired) electrons. The molecule has 0 atom stereocenters. The molecule has 0 bridgehead atoms. The van der Waals surface area contributed by atoms with Crippen molar-refractivity contribution in [2.45, 2.75) is 6.61 Å². The first-order valence-corrected chi connectivity index (χ1v) is 8.66. The van der Waals surface area contributed by atoms with E-state index in [2.05, 4.69) is 10.5 Å². The number of benzene rings is 3. The van der Waals surface area contributed by atoms with E-state index in [1.807, 2.05) is 30.3 Å². The molecule has 0 saturated carbocycles. The van der Waals surface area contributed by atoms with Crippen molar-refractivity contribution in [3.8, 4) is 5.75 Å². The van der Waals surface area contributed by atoms with Crippen LogP contribution in [-0.4, -0.2) is 18.7 Å². The summed E-state index contributed by atoms with van der Waals surface area (Å²) in [7, 11) is 0. The van der Waals surface area contributed by atoms with Crippen molar-refractivity contribution in [3.63, 3.8) is 0 Å². The number of ether oxygens (including phenoxy) is 1. The van der Waals surface area contributed by atoms with Crippen LogP contribution in [0.4, 0.5) is 10.1 Å². The molecule has 3 aromatic rings. The third kappa shape index (κ3) is 6.25. The maximum Gasteiger partial charge on any atom is 0.265 e. The smallest absolute Gasteiger partial charge is 0.265 e. The van der Waals surface area contributed by atoms with Gasteiger partial charge in [-0.2, -0.15) is 0 Å². The first-order chi connectivity index (χ1) is 13.7. The Hall–Kier alpha value is -3.67. The van der Waals surface area contributed by atoms with E-state index in [9.17, 15) is 9.18 Å². The van der Waals surface area contributed by atoms with Gasteiger partial charge in [-0.3, -0.25) is 4.79 Å². The number of carbonyl (C=O) groups is 1. The van der Waals surface area contributed by atoms with Crippen LogP contribution in [0, 0.1) is 5.82 Å². The maximum absolute atomic E-state index is 13.0. The van der Waals surface area contributed by atoms with Gasteiger partial charge >= 0.3 is 0 Å². The second kappa shape index (κ2) is 9.87. The van der Waals surface area contributed by atoms with Crippen molar-refractivity contribution in [1.29, 1.82) is 0 Å². The minimum Gasteiger partial charge on any atom is -0.489 e. The van der Waals surface area contributed by atoms with Crippen LogP contribution in [0.5, 0.6) is 5.75 Å². The molecule has 142 valence electrons. The Morgan fingerprint density at radius 1 is 1.00 bits per heavy atom. The number of hydrogen-bond acceptors (Lipinski definition) is 4. The predicted molar refractivity (Wildman–Crippen MR) is 106 cm³/mol. The molecule has 0 unspecified atom stereocenters. The van der Waals surface area contributed by atoms with Crippen LogP contribution in [0.2, 0.25) is 0 Å². The summed E-state index contributed by atoms with van der Waals surface area (Å²) in [5.74, 6) is -0.00923. The van der Waals surface area contributed by atoms with Crippen molar-refractivity contribution in [2.75, 3.05) is 11.9 Å². The Morgan fingerprint density at radius 2 is 1.79 bits per heavy atom. The largest absolute Gasteiger partial charge is 0.489 e. The molecule has 3 rings (SSSR count). The molecule has 0 aliphatic heterocycles. The molecule has 1 N–H and O–H groups in total. The first kappa shape index (κ1) is 19.1. The number of nitrogens with one attached hydrogen (secondary N) is 1.